The van der Waals surface area contributed by atoms with E-state index in [1.165, 1.54) is 6.07 Å². The summed E-state index contributed by atoms with van der Waals surface area (Å²) >= 11 is 11.7. The van der Waals surface area contributed by atoms with E-state index in [4.69, 9.17) is 32.7 Å². The van der Waals surface area contributed by atoms with Crippen LogP contribution in [-0.4, -0.2) is 25.0 Å². The highest BCUT2D eigenvalue weighted by Gasteiger charge is 2.11. The number of hydrogen-bond acceptors (Lipinski definition) is 4. The smallest absolute Gasteiger partial charge is 0.344 e. The minimum Gasteiger partial charge on any atom is -0.480 e. The summed E-state index contributed by atoms with van der Waals surface area (Å²) in [5, 5.41) is 0.758. The zero-order chi connectivity index (χ0) is 15.9. The van der Waals surface area contributed by atoms with Crippen molar-refractivity contribution < 1.29 is 19.1 Å². The predicted octanol–water partition coefficient (Wildman–Crippen LogP) is 3.80. The number of ether oxygens (including phenoxy) is 2. The molecule has 0 N–H and O–H groups in total. The highest BCUT2D eigenvalue weighted by atomic mass is 35.5. The first-order valence-electron chi connectivity index (χ1n) is 6.38. The van der Waals surface area contributed by atoms with Crippen molar-refractivity contribution in [3.63, 3.8) is 0 Å². The molecule has 0 radical (unpaired) electrons. The molecule has 0 aliphatic heterocycles. The molecule has 0 saturated carbocycles. The topological polar surface area (TPSA) is 52.6 Å². The summed E-state index contributed by atoms with van der Waals surface area (Å²) in [6, 6.07) is 13.2. The molecule has 0 atom stereocenters. The normalized spacial score (nSPS) is 10.1. The van der Waals surface area contributed by atoms with Crippen LogP contribution in [0.4, 0.5) is 0 Å². The van der Waals surface area contributed by atoms with Gasteiger partial charge in [0.25, 0.3) is 0 Å². The standard InChI is InChI=1S/C16H12Cl2O4/c17-12-6-7-15(13(18)8-12)21-10-16(20)22-9-14(19)11-4-2-1-3-5-11/h1-8H,9-10H2. The average Bonchev–Trinajstić information content (AvgIpc) is 2.52. The first-order chi connectivity index (χ1) is 10.6. The molecule has 2 rings (SSSR count). The van der Waals surface area contributed by atoms with Gasteiger partial charge in [-0.15, -0.1) is 0 Å². The molecule has 0 amide bonds. The summed E-state index contributed by atoms with van der Waals surface area (Å²) in [5.41, 5.74) is 0.483. The largest absolute Gasteiger partial charge is 0.480 e. The second-order valence-electron chi connectivity index (χ2n) is 4.31. The van der Waals surface area contributed by atoms with Gasteiger partial charge in [-0.1, -0.05) is 53.5 Å². The van der Waals surface area contributed by atoms with Crippen LogP contribution in [0.5, 0.6) is 5.75 Å². The van der Waals surface area contributed by atoms with E-state index in [1.807, 2.05) is 0 Å². The Balaban J connectivity index is 1.80. The maximum absolute atomic E-state index is 11.8. The molecule has 0 unspecified atom stereocenters. The Hall–Kier alpha value is -2.04. The van der Waals surface area contributed by atoms with E-state index >= 15 is 0 Å². The van der Waals surface area contributed by atoms with Crippen LogP contribution in [0.2, 0.25) is 10.0 Å². The zero-order valence-corrected chi connectivity index (χ0v) is 12.9. The number of carbonyl (C=O) groups is 2. The molecule has 0 bridgehead atoms. The highest BCUT2D eigenvalue weighted by Crippen LogP contribution is 2.27. The van der Waals surface area contributed by atoms with Gasteiger partial charge >= 0.3 is 5.97 Å². The second kappa shape index (κ2) is 7.82. The molecule has 0 saturated heterocycles. The predicted molar refractivity (Wildman–Crippen MR) is 83.7 cm³/mol. The van der Waals surface area contributed by atoms with E-state index in [0.29, 0.717) is 21.4 Å². The monoisotopic (exact) mass is 338 g/mol. The van der Waals surface area contributed by atoms with Crippen molar-refractivity contribution in [3.05, 3.63) is 64.1 Å². The molecular formula is C16H12Cl2O4. The van der Waals surface area contributed by atoms with E-state index in [1.54, 1.807) is 42.5 Å². The lowest BCUT2D eigenvalue weighted by Gasteiger charge is -2.08. The molecule has 4 nitrogen and oxygen atoms in total. The van der Waals surface area contributed by atoms with Crippen molar-refractivity contribution >= 4 is 35.0 Å². The van der Waals surface area contributed by atoms with Gasteiger partial charge in [0, 0.05) is 10.6 Å². The van der Waals surface area contributed by atoms with Crippen molar-refractivity contribution in [3.8, 4) is 5.75 Å². The van der Waals surface area contributed by atoms with Gasteiger partial charge in [0.15, 0.2) is 19.0 Å². The van der Waals surface area contributed by atoms with E-state index < -0.39 is 5.97 Å². The first kappa shape index (κ1) is 16.3. The molecule has 114 valence electrons. The summed E-state index contributed by atoms with van der Waals surface area (Å²) in [5.74, 6) is -0.619. The molecule has 0 heterocycles. The van der Waals surface area contributed by atoms with Crippen LogP contribution < -0.4 is 4.74 Å². The van der Waals surface area contributed by atoms with Crippen LogP contribution in [-0.2, 0) is 9.53 Å². The molecule has 0 aliphatic carbocycles. The molecule has 0 spiro atoms. The molecule has 22 heavy (non-hydrogen) atoms. The van der Waals surface area contributed by atoms with Crippen LogP contribution in [0.3, 0.4) is 0 Å². The van der Waals surface area contributed by atoms with Crippen LogP contribution in [0.15, 0.2) is 48.5 Å². The Kier molecular flexibility index (Phi) is 5.81. The number of halogens is 2. The Labute approximate surface area is 137 Å². The molecule has 2 aromatic carbocycles. The van der Waals surface area contributed by atoms with E-state index in [2.05, 4.69) is 0 Å². The summed E-state index contributed by atoms with van der Waals surface area (Å²) in [4.78, 5) is 23.3. The lowest BCUT2D eigenvalue weighted by molar-refractivity contribution is -0.144. The number of Topliss-reactive ketones (excluding diaryl/α,β-unsaturated/α-hetero) is 1. The van der Waals surface area contributed by atoms with E-state index in [-0.39, 0.29) is 19.0 Å². The molecule has 0 aliphatic rings. The van der Waals surface area contributed by atoms with Crippen LogP contribution in [0.1, 0.15) is 10.4 Å². The van der Waals surface area contributed by atoms with Gasteiger partial charge in [0.05, 0.1) is 5.02 Å². The van der Waals surface area contributed by atoms with Crippen LogP contribution >= 0.6 is 23.2 Å². The summed E-state index contributed by atoms with van der Waals surface area (Å²) < 4.78 is 10.1. The number of ketones is 1. The van der Waals surface area contributed by atoms with Gasteiger partial charge in [0.2, 0.25) is 0 Å². The molecule has 2 aromatic rings. The Bertz CT molecular complexity index is 671. The number of benzene rings is 2. The lowest BCUT2D eigenvalue weighted by Crippen LogP contribution is -2.19. The minimum absolute atomic E-state index is 0.279. The summed E-state index contributed by atoms with van der Waals surface area (Å²) in [6.07, 6.45) is 0. The fraction of sp³-hybridized carbons (Fsp3) is 0.125. The Morgan fingerprint density at radius 3 is 2.36 bits per heavy atom. The number of carbonyl (C=O) groups excluding carboxylic acids is 2. The van der Waals surface area contributed by atoms with Crippen molar-refractivity contribution in [1.82, 2.24) is 0 Å². The van der Waals surface area contributed by atoms with Crippen LogP contribution in [0.25, 0.3) is 0 Å². The lowest BCUT2D eigenvalue weighted by atomic mass is 10.1. The van der Waals surface area contributed by atoms with Gasteiger partial charge in [-0.3, -0.25) is 4.79 Å². The molecule has 0 aromatic heterocycles. The van der Waals surface area contributed by atoms with Crippen molar-refractivity contribution in [2.24, 2.45) is 0 Å². The van der Waals surface area contributed by atoms with Crippen molar-refractivity contribution in [2.45, 2.75) is 0 Å². The SMILES string of the molecule is O=C(COc1ccc(Cl)cc1Cl)OCC(=O)c1ccccc1. The number of esters is 1. The van der Waals surface area contributed by atoms with Crippen LogP contribution in [0, 0.1) is 0 Å². The highest BCUT2D eigenvalue weighted by molar-refractivity contribution is 6.35. The van der Waals surface area contributed by atoms with Gasteiger partial charge in [-0.2, -0.15) is 0 Å². The third kappa shape index (κ3) is 4.76. The zero-order valence-electron chi connectivity index (χ0n) is 11.4. The Morgan fingerprint density at radius 2 is 1.68 bits per heavy atom. The van der Waals surface area contributed by atoms with Gasteiger partial charge in [-0.25, -0.2) is 4.79 Å². The maximum atomic E-state index is 11.8. The summed E-state index contributed by atoms with van der Waals surface area (Å²) in [7, 11) is 0. The van der Waals surface area contributed by atoms with Gasteiger partial charge in [-0.05, 0) is 18.2 Å². The fourth-order valence-electron chi connectivity index (χ4n) is 1.62. The number of rotatable bonds is 6. The first-order valence-corrected chi connectivity index (χ1v) is 7.13. The third-order valence-electron chi connectivity index (χ3n) is 2.70. The maximum Gasteiger partial charge on any atom is 0.344 e. The van der Waals surface area contributed by atoms with E-state index in [0.717, 1.165) is 0 Å². The van der Waals surface area contributed by atoms with Crippen molar-refractivity contribution in [2.75, 3.05) is 13.2 Å². The number of hydrogen-bond donors (Lipinski definition) is 0. The minimum atomic E-state index is -0.657. The Morgan fingerprint density at radius 1 is 0.955 bits per heavy atom. The third-order valence-corrected chi connectivity index (χ3v) is 3.23. The second-order valence-corrected chi connectivity index (χ2v) is 5.16. The van der Waals surface area contributed by atoms with Gasteiger partial charge < -0.3 is 9.47 Å². The summed E-state index contributed by atoms with van der Waals surface area (Å²) in [6.45, 7) is -0.677. The van der Waals surface area contributed by atoms with Crippen molar-refractivity contribution in [1.29, 1.82) is 0 Å². The fourth-order valence-corrected chi connectivity index (χ4v) is 2.09. The molecule has 0 fully saturated rings. The van der Waals surface area contributed by atoms with E-state index in [9.17, 15) is 9.59 Å². The molecule has 6 heteroatoms. The average molecular weight is 339 g/mol. The van der Waals surface area contributed by atoms with Gasteiger partial charge in [0.1, 0.15) is 5.75 Å². The quantitative estimate of drug-likeness (QED) is 0.593. The molecular weight excluding hydrogens is 327 g/mol.